The Morgan fingerprint density at radius 2 is 2.21 bits per heavy atom. The largest absolute Gasteiger partial charge is 0.490 e. The smallest absolute Gasteiger partial charge is 0.423 e. The zero-order valence-electron chi connectivity index (χ0n) is 13.8. The summed E-state index contributed by atoms with van der Waals surface area (Å²) in [5.41, 5.74) is 2.95. The van der Waals surface area contributed by atoms with Gasteiger partial charge in [-0.1, -0.05) is 11.3 Å². The molecule has 24 heavy (non-hydrogen) atoms. The molecule has 0 spiro atoms. The van der Waals surface area contributed by atoms with Crippen molar-refractivity contribution in [3.63, 3.8) is 0 Å². The zero-order chi connectivity index (χ0) is 17.1. The number of hydrogen-bond donors (Lipinski definition) is 2. The fourth-order valence-electron chi connectivity index (χ4n) is 2.73. The minimum atomic E-state index is -1.54. The Bertz CT molecular complexity index is 701. The number of ether oxygens (including phenoxy) is 2. The van der Waals surface area contributed by atoms with Crippen LogP contribution in [0, 0.1) is 6.92 Å². The highest BCUT2D eigenvalue weighted by Gasteiger charge is 2.21. The first-order chi connectivity index (χ1) is 11.6. The monoisotopic (exact) mass is 332 g/mol. The predicted octanol–water partition coefficient (Wildman–Crippen LogP) is -0.0915. The molecule has 8 nitrogen and oxygen atoms in total. The topological polar surface area (TPSA) is 103 Å². The molecule has 1 fully saturated rings. The molecule has 1 aliphatic rings. The fourth-order valence-corrected chi connectivity index (χ4v) is 2.73. The van der Waals surface area contributed by atoms with Gasteiger partial charge in [0.1, 0.15) is 5.69 Å². The Balaban J connectivity index is 1.80. The summed E-state index contributed by atoms with van der Waals surface area (Å²) < 4.78 is 13.1. The van der Waals surface area contributed by atoms with E-state index >= 15 is 0 Å². The summed E-state index contributed by atoms with van der Waals surface area (Å²) in [5, 5.41) is 26.8. The third kappa shape index (κ3) is 3.64. The molecular weight excluding hydrogens is 311 g/mol. The molecule has 9 heteroatoms. The molecule has 2 N–H and O–H groups in total. The number of pyridine rings is 1. The van der Waals surface area contributed by atoms with Crippen molar-refractivity contribution in [2.75, 3.05) is 6.61 Å². The van der Waals surface area contributed by atoms with Gasteiger partial charge >= 0.3 is 7.12 Å². The molecule has 0 bridgehead atoms. The van der Waals surface area contributed by atoms with Gasteiger partial charge in [-0.2, -0.15) is 0 Å². The van der Waals surface area contributed by atoms with Crippen molar-refractivity contribution in [2.45, 2.75) is 39.1 Å². The van der Waals surface area contributed by atoms with E-state index in [0.717, 1.165) is 31.6 Å². The van der Waals surface area contributed by atoms with Gasteiger partial charge in [0.25, 0.3) is 0 Å². The van der Waals surface area contributed by atoms with Crippen molar-refractivity contribution in [2.24, 2.45) is 7.05 Å². The van der Waals surface area contributed by atoms with Gasteiger partial charge in [0.05, 0.1) is 18.0 Å². The van der Waals surface area contributed by atoms with E-state index in [1.54, 1.807) is 30.8 Å². The van der Waals surface area contributed by atoms with E-state index in [4.69, 9.17) is 9.47 Å². The standard InChI is InChI=1S/C15H21BN4O4/c1-10-11(16(21)22)6-7-12(17-10)15-13(20(2)19-18-15)9-24-14-5-3-4-8-23-14/h6-7,14,21-22H,3-5,8-9H2,1-2H3. The first-order valence-corrected chi connectivity index (χ1v) is 8.02. The highest BCUT2D eigenvalue weighted by Crippen LogP contribution is 2.21. The summed E-state index contributed by atoms with van der Waals surface area (Å²) >= 11 is 0. The van der Waals surface area contributed by atoms with Crippen molar-refractivity contribution >= 4 is 12.6 Å². The lowest BCUT2D eigenvalue weighted by Crippen LogP contribution is -2.32. The molecule has 3 rings (SSSR count). The van der Waals surface area contributed by atoms with Gasteiger partial charge in [0.15, 0.2) is 6.29 Å². The number of nitrogens with zero attached hydrogens (tertiary/aromatic N) is 4. The van der Waals surface area contributed by atoms with Crippen LogP contribution in [0.4, 0.5) is 0 Å². The second kappa shape index (κ2) is 7.39. The average Bonchev–Trinajstić information content (AvgIpc) is 2.94. The summed E-state index contributed by atoms with van der Waals surface area (Å²) in [6.45, 7) is 2.78. The molecule has 0 saturated carbocycles. The van der Waals surface area contributed by atoms with E-state index < -0.39 is 7.12 Å². The van der Waals surface area contributed by atoms with Crippen molar-refractivity contribution in [3.05, 3.63) is 23.5 Å². The Kier molecular flexibility index (Phi) is 5.25. The summed E-state index contributed by atoms with van der Waals surface area (Å²) in [4.78, 5) is 4.41. The quantitative estimate of drug-likeness (QED) is 0.738. The van der Waals surface area contributed by atoms with Crippen LogP contribution in [0.2, 0.25) is 0 Å². The molecule has 1 unspecified atom stereocenters. The van der Waals surface area contributed by atoms with E-state index in [2.05, 4.69) is 15.3 Å². The molecule has 2 aromatic heterocycles. The van der Waals surface area contributed by atoms with Gasteiger partial charge in [-0.25, -0.2) is 4.68 Å². The van der Waals surface area contributed by atoms with Crippen LogP contribution < -0.4 is 5.46 Å². The lowest BCUT2D eigenvalue weighted by atomic mass is 9.79. The van der Waals surface area contributed by atoms with Crippen LogP contribution in [-0.4, -0.2) is 50.0 Å². The Hall–Kier alpha value is -1.81. The molecule has 0 radical (unpaired) electrons. The molecule has 2 aromatic rings. The van der Waals surface area contributed by atoms with Crippen LogP contribution in [0.3, 0.4) is 0 Å². The summed E-state index contributed by atoms with van der Waals surface area (Å²) in [5.74, 6) is 0. The first kappa shape index (κ1) is 17.0. The van der Waals surface area contributed by atoms with E-state index in [1.165, 1.54) is 0 Å². The van der Waals surface area contributed by atoms with Crippen LogP contribution in [-0.2, 0) is 23.1 Å². The third-order valence-electron chi connectivity index (χ3n) is 4.13. The Labute approximate surface area is 140 Å². The zero-order valence-corrected chi connectivity index (χ0v) is 13.8. The van der Waals surface area contributed by atoms with Crippen LogP contribution in [0.1, 0.15) is 30.7 Å². The highest BCUT2D eigenvalue weighted by atomic mass is 16.7. The van der Waals surface area contributed by atoms with E-state index in [-0.39, 0.29) is 6.29 Å². The van der Waals surface area contributed by atoms with Crippen LogP contribution >= 0.6 is 0 Å². The maximum Gasteiger partial charge on any atom is 0.490 e. The number of aryl methyl sites for hydroxylation is 2. The molecule has 0 amide bonds. The maximum atomic E-state index is 9.30. The van der Waals surface area contributed by atoms with Gasteiger partial charge in [-0.05, 0) is 32.3 Å². The Morgan fingerprint density at radius 3 is 2.88 bits per heavy atom. The lowest BCUT2D eigenvalue weighted by molar-refractivity contribution is -0.169. The van der Waals surface area contributed by atoms with Gasteiger partial charge in [-0.15, -0.1) is 5.10 Å². The van der Waals surface area contributed by atoms with Crippen LogP contribution in [0.5, 0.6) is 0 Å². The molecule has 128 valence electrons. The number of rotatable bonds is 5. The molecular formula is C15H21BN4O4. The molecule has 0 aliphatic carbocycles. The summed E-state index contributed by atoms with van der Waals surface area (Å²) in [6.07, 6.45) is 2.88. The van der Waals surface area contributed by atoms with Gasteiger partial charge in [0, 0.05) is 24.8 Å². The number of hydrogen-bond acceptors (Lipinski definition) is 7. The lowest BCUT2D eigenvalue weighted by Gasteiger charge is -2.22. The molecule has 1 atom stereocenters. The second-order valence-electron chi connectivity index (χ2n) is 5.86. The SMILES string of the molecule is Cc1nc(-c2nnn(C)c2COC2CCCCO2)ccc1B(O)O. The minimum Gasteiger partial charge on any atom is -0.423 e. The summed E-state index contributed by atoms with van der Waals surface area (Å²) in [7, 11) is 0.259. The predicted molar refractivity (Wildman–Crippen MR) is 87.2 cm³/mol. The van der Waals surface area contributed by atoms with Gasteiger partial charge < -0.3 is 19.5 Å². The molecule has 3 heterocycles. The van der Waals surface area contributed by atoms with Gasteiger partial charge in [0.2, 0.25) is 0 Å². The van der Waals surface area contributed by atoms with E-state index in [1.807, 2.05) is 0 Å². The van der Waals surface area contributed by atoms with Crippen molar-refractivity contribution in [1.82, 2.24) is 20.0 Å². The van der Waals surface area contributed by atoms with Crippen molar-refractivity contribution in [1.29, 1.82) is 0 Å². The normalized spacial score (nSPS) is 17.9. The van der Waals surface area contributed by atoms with E-state index in [0.29, 0.717) is 29.2 Å². The third-order valence-corrected chi connectivity index (χ3v) is 4.13. The second-order valence-corrected chi connectivity index (χ2v) is 5.86. The fraction of sp³-hybridized carbons (Fsp3) is 0.533. The van der Waals surface area contributed by atoms with Crippen molar-refractivity contribution in [3.8, 4) is 11.4 Å². The summed E-state index contributed by atoms with van der Waals surface area (Å²) in [6, 6.07) is 3.33. The number of aromatic nitrogens is 4. The molecule has 0 aromatic carbocycles. The van der Waals surface area contributed by atoms with Gasteiger partial charge in [-0.3, -0.25) is 4.98 Å². The van der Waals surface area contributed by atoms with Crippen LogP contribution in [0.25, 0.3) is 11.4 Å². The molecule has 1 aliphatic heterocycles. The average molecular weight is 332 g/mol. The van der Waals surface area contributed by atoms with Crippen LogP contribution in [0.15, 0.2) is 12.1 Å². The van der Waals surface area contributed by atoms with E-state index in [9.17, 15) is 10.0 Å². The Morgan fingerprint density at radius 1 is 1.38 bits per heavy atom. The molecule has 1 saturated heterocycles. The first-order valence-electron chi connectivity index (χ1n) is 8.02. The maximum absolute atomic E-state index is 9.30. The highest BCUT2D eigenvalue weighted by molar-refractivity contribution is 6.59. The minimum absolute atomic E-state index is 0.192. The van der Waals surface area contributed by atoms with Crippen molar-refractivity contribution < 1.29 is 19.5 Å².